The number of aryl methyl sites for hydroxylation is 2. The Labute approximate surface area is 247 Å². The Balaban J connectivity index is 2.44. The number of unbranched alkanes of at least 4 members (excludes halogenated alkanes) is 24. The van der Waals surface area contributed by atoms with Crippen molar-refractivity contribution < 1.29 is 0 Å². The molecule has 0 heteroatoms. The van der Waals surface area contributed by atoms with Crippen LogP contribution in [0.2, 0.25) is 0 Å². The molecule has 227 valence electrons. The van der Waals surface area contributed by atoms with Crippen molar-refractivity contribution in [1.82, 2.24) is 0 Å². The molecule has 1 rings (SSSR count). The van der Waals surface area contributed by atoms with Crippen molar-refractivity contribution in [3.05, 3.63) is 34.9 Å². The Morgan fingerprint density at radius 1 is 0.385 bits per heavy atom. The van der Waals surface area contributed by atoms with E-state index in [2.05, 4.69) is 39.0 Å². The summed E-state index contributed by atoms with van der Waals surface area (Å²) in [6, 6.07) is 8.40. The van der Waals surface area contributed by atoms with Gasteiger partial charge in [0.05, 0.1) is 0 Å². The fraction of sp³-hybridized carbons (Fsp3) is 0.846. The van der Waals surface area contributed by atoms with E-state index in [0.717, 1.165) is 0 Å². The summed E-state index contributed by atoms with van der Waals surface area (Å²) in [6.07, 6.45) is 42.2. The van der Waals surface area contributed by atoms with Gasteiger partial charge in [0.2, 0.25) is 0 Å². The molecule has 0 aromatic heterocycles. The summed E-state index contributed by atoms with van der Waals surface area (Å²) in [5.41, 5.74) is 4.95. The minimum atomic E-state index is 1.26. The van der Waals surface area contributed by atoms with Crippen LogP contribution >= 0.6 is 0 Å². The van der Waals surface area contributed by atoms with E-state index in [1.54, 1.807) is 16.7 Å². The van der Waals surface area contributed by atoms with Gasteiger partial charge >= 0.3 is 0 Å². The van der Waals surface area contributed by atoms with Gasteiger partial charge in [-0.05, 0) is 61.3 Å². The van der Waals surface area contributed by atoms with E-state index in [0.29, 0.717) is 0 Å². The molecule has 1 aromatic rings. The van der Waals surface area contributed by atoms with Gasteiger partial charge < -0.3 is 0 Å². The zero-order valence-corrected chi connectivity index (χ0v) is 27.4. The maximum absolute atomic E-state index is 3.72. The molecule has 0 aliphatic heterocycles. The summed E-state index contributed by atoms with van der Waals surface area (Å²) in [5, 5.41) is 0. The first kappa shape index (κ1) is 36.2. The summed E-state index contributed by atoms with van der Waals surface area (Å²) in [7, 11) is 0. The van der Waals surface area contributed by atoms with Crippen LogP contribution in [0.5, 0.6) is 0 Å². The number of hydrogen-bond donors (Lipinski definition) is 0. The highest BCUT2D eigenvalue weighted by molar-refractivity contribution is 5.35. The molecule has 0 bridgehead atoms. The van der Waals surface area contributed by atoms with Gasteiger partial charge in [-0.3, -0.25) is 0 Å². The topological polar surface area (TPSA) is 0 Å². The molecule has 0 amide bonds. The third-order valence-corrected chi connectivity index (χ3v) is 8.90. The van der Waals surface area contributed by atoms with E-state index in [4.69, 9.17) is 0 Å². The van der Waals surface area contributed by atoms with E-state index in [1.165, 1.54) is 193 Å². The highest BCUT2D eigenvalue weighted by Gasteiger charge is 2.09. The number of benzene rings is 1. The van der Waals surface area contributed by atoms with E-state index >= 15 is 0 Å². The Kier molecular flexibility index (Phi) is 26.7. The zero-order valence-electron chi connectivity index (χ0n) is 27.4. The second-order valence-electron chi connectivity index (χ2n) is 12.7. The van der Waals surface area contributed by atoms with Crippen molar-refractivity contribution in [3.63, 3.8) is 0 Å². The molecule has 0 N–H and O–H groups in total. The molecule has 1 aromatic carbocycles. The number of rotatable bonds is 30. The van der Waals surface area contributed by atoms with Gasteiger partial charge in [0.25, 0.3) is 0 Å². The molecule has 0 aliphatic carbocycles. The van der Waals surface area contributed by atoms with Crippen molar-refractivity contribution in [3.8, 4) is 0 Å². The fourth-order valence-electron chi connectivity index (χ4n) is 6.24. The van der Waals surface area contributed by atoms with Crippen LogP contribution in [0.3, 0.4) is 0 Å². The van der Waals surface area contributed by atoms with Gasteiger partial charge in [0, 0.05) is 0 Å². The van der Waals surface area contributed by atoms with Crippen molar-refractivity contribution in [1.29, 1.82) is 0 Å². The molecule has 0 saturated carbocycles. The van der Waals surface area contributed by atoms with E-state index < -0.39 is 0 Å². The molecule has 0 aliphatic rings. The van der Waals surface area contributed by atoms with Crippen molar-refractivity contribution in [2.24, 2.45) is 0 Å². The van der Waals surface area contributed by atoms with Gasteiger partial charge in [-0.2, -0.15) is 0 Å². The van der Waals surface area contributed by atoms with E-state index in [9.17, 15) is 0 Å². The van der Waals surface area contributed by atoms with Crippen molar-refractivity contribution in [2.45, 2.75) is 213 Å². The Hall–Kier alpha value is -0.780. The van der Waals surface area contributed by atoms with Crippen LogP contribution in [-0.4, -0.2) is 0 Å². The maximum atomic E-state index is 3.72. The maximum Gasteiger partial charge on any atom is -0.0146 e. The average molecular weight is 540 g/mol. The largest absolute Gasteiger partial charge is 0.0654 e. The Bertz CT molecular complexity index is 574. The van der Waals surface area contributed by atoms with Gasteiger partial charge in [0.1, 0.15) is 0 Å². The monoisotopic (exact) mass is 540 g/mol. The van der Waals surface area contributed by atoms with Crippen LogP contribution in [0.4, 0.5) is 0 Å². The van der Waals surface area contributed by atoms with Gasteiger partial charge in [-0.1, -0.05) is 187 Å². The molecule has 0 heterocycles. The van der Waals surface area contributed by atoms with Crippen LogP contribution in [0.1, 0.15) is 211 Å². The molecule has 39 heavy (non-hydrogen) atoms. The smallest absolute Gasteiger partial charge is 0.0146 e. The van der Waals surface area contributed by atoms with E-state index in [-0.39, 0.29) is 0 Å². The Morgan fingerprint density at radius 2 is 0.718 bits per heavy atom. The highest BCUT2D eigenvalue weighted by atomic mass is 14.1. The minimum Gasteiger partial charge on any atom is -0.0654 e. The van der Waals surface area contributed by atoms with Crippen molar-refractivity contribution in [2.75, 3.05) is 0 Å². The molecule has 1 radical (unpaired) electrons. The lowest BCUT2D eigenvalue weighted by Crippen LogP contribution is -2.02. The normalized spacial score (nSPS) is 11.5. The number of hydrogen-bond acceptors (Lipinski definition) is 0. The third kappa shape index (κ3) is 21.6. The summed E-state index contributed by atoms with van der Waals surface area (Å²) >= 11 is 0. The van der Waals surface area contributed by atoms with E-state index in [1.807, 2.05) is 0 Å². The van der Waals surface area contributed by atoms with Crippen LogP contribution < -0.4 is 0 Å². The second-order valence-corrected chi connectivity index (χ2v) is 12.7. The van der Waals surface area contributed by atoms with Crippen LogP contribution in [-0.2, 0) is 19.3 Å². The van der Waals surface area contributed by atoms with Crippen LogP contribution in [0, 0.1) is 6.07 Å². The highest BCUT2D eigenvalue weighted by Crippen LogP contribution is 2.23. The predicted molar refractivity (Wildman–Crippen MR) is 178 cm³/mol. The standard InChI is InChI=1S/C39H71/c1-4-7-10-13-16-19-22-25-28-32-37-34-31-35-38(33-29-26-23-20-17-14-11-8-5-2)39(37)36-30-27-24-21-18-15-12-9-6-3/h31,34H,4-30,32-33,36H2,1-3H3. The summed E-state index contributed by atoms with van der Waals surface area (Å²) in [5.74, 6) is 0. The lowest BCUT2D eigenvalue weighted by Gasteiger charge is -2.15. The lowest BCUT2D eigenvalue weighted by atomic mass is 9.90. The molecule has 0 spiro atoms. The lowest BCUT2D eigenvalue weighted by molar-refractivity contribution is 0.558. The quantitative estimate of drug-likeness (QED) is 0.0853. The molecular weight excluding hydrogens is 468 g/mol. The molecule has 0 fully saturated rings. The second kappa shape index (κ2) is 28.7. The predicted octanol–water partition coefficient (Wildman–Crippen LogP) is 13.7. The average Bonchev–Trinajstić information content (AvgIpc) is 2.95. The summed E-state index contributed by atoms with van der Waals surface area (Å²) < 4.78 is 0. The van der Waals surface area contributed by atoms with Crippen LogP contribution in [0.15, 0.2) is 12.1 Å². The molecular formula is C39H71. The molecule has 0 saturated heterocycles. The first-order valence-electron chi connectivity index (χ1n) is 18.3. The fourth-order valence-corrected chi connectivity index (χ4v) is 6.24. The van der Waals surface area contributed by atoms with Gasteiger partial charge in [-0.25, -0.2) is 0 Å². The first-order chi connectivity index (χ1) is 19.3. The van der Waals surface area contributed by atoms with Gasteiger partial charge in [0.15, 0.2) is 0 Å². The zero-order chi connectivity index (χ0) is 28.1. The summed E-state index contributed by atoms with van der Waals surface area (Å²) in [4.78, 5) is 0. The SMILES string of the molecule is CCCCCCCCCCCc1[c]ccc(CCCCCCCCCCC)c1CCCCCCCCCCC. The third-order valence-electron chi connectivity index (χ3n) is 8.90. The molecule has 0 nitrogen and oxygen atoms in total. The molecule has 0 unspecified atom stereocenters. The first-order valence-corrected chi connectivity index (χ1v) is 18.3. The minimum absolute atomic E-state index is 1.26. The van der Waals surface area contributed by atoms with Gasteiger partial charge in [-0.15, -0.1) is 0 Å². The van der Waals surface area contributed by atoms with Crippen molar-refractivity contribution >= 4 is 0 Å². The molecule has 0 atom stereocenters. The van der Waals surface area contributed by atoms with Crippen LogP contribution in [0.25, 0.3) is 0 Å². The Morgan fingerprint density at radius 3 is 1.13 bits per heavy atom. The summed E-state index contributed by atoms with van der Waals surface area (Å²) in [6.45, 7) is 6.94.